The Bertz CT molecular complexity index is 1760. The zero-order valence-electron chi connectivity index (χ0n) is 24.3. The second kappa shape index (κ2) is 13.6. The summed E-state index contributed by atoms with van der Waals surface area (Å²) in [4.78, 5) is 34.6. The molecule has 9 heteroatoms. The first kappa shape index (κ1) is 32.6. The molecule has 8 nitrogen and oxygen atoms in total. The Kier molecular flexibility index (Phi) is 10.3. The Morgan fingerprint density at radius 2 is 1.60 bits per heavy atom. The monoisotopic (exact) mass is 622 g/mol. The van der Waals surface area contributed by atoms with E-state index < -0.39 is 0 Å². The summed E-state index contributed by atoms with van der Waals surface area (Å²) in [5.41, 5.74) is 14.8. The van der Waals surface area contributed by atoms with Crippen LogP contribution in [0.3, 0.4) is 0 Å². The van der Waals surface area contributed by atoms with Crippen LogP contribution in [0, 0.1) is 6.92 Å². The summed E-state index contributed by atoms with van der Waals surface area (Å²) < 4.78 is 0. The molecule has 1 fully saturated rings. The fourth-order valence-corrected chi connectivity index (χ4v) is 5.80. The van der Waals surface area contributed by atoms with Gasteiger partial charge in [-0.05, 0) is 63.2 Å². The maximum Gasteiger partial charge on any atom is 2.00 e. The van der Waals surface area contributed by atoms with Gasteiger partial charge in [0.1, 0.15) is 0 Å². The predicted octanol–water partition coefficient (Wildman–Crippen LogP) is 7.62. The van der Waals surface area contributed by atoms with Crippen molar-refractivity contribution >= 4 is 44.4 Å². The summed E-state index contributed by atoms with van der Waals surface area (Å²) in [7, 11) is 0. The topological polar surface area (TPSA) is 108 Å². The number of aromatic nitrogens is 4. The molecule has 0 aliphatic carbocycles. The second-order valence-corrected chi connectivity index (χ2v) is 10.7. The minimum atomic E-state index is -0.159. The zero-order valence-corrected chi connectivity index (χ0v) is 25.4. The van der Waals surface area contributed by atoms with Gasteiger partial charge in [0.15, 0.2) is 0 Å². The van der Waals surface area contributed by atoms with Crippen LogP contribution in [0.5, 0.6) is 0 Å². The van der Waals surface area contributed by atoms with Crippen molar-refractivity contribution in [2.45, 2.75) is 73.5 Å². The van der Waals surface area contributed by atoms with Gasteiger partial charge in [0.05, 0.1) is 29.4 Å². The Hall–Kier alpha value is -3.30. The molecule has 3 aliphatic rings. The maximum atomic E-state index is 8.89. The molecular weight excluding hydrogens is 584 g/mol. The molecule has 0 atom stereocenters. The van der Waals surface area contributed by atoms with E-state index in [2.05, 4.69) is 63.4 Å². The van der Waals surface area contributed by atoms with E-state index in [9.17, 15) is 0 Å². The minimum Gasteiger partial charge on any atom is -0.657 e. The van der Waals surface area contributed by atoms with Crippen molar-refractivity contribution in [2.75, 3.05) is 6.61 Å². The van der Waals surface area contributed by atoms with Gasteiger partial charge in [0.25, 0.3) is 0 Å². The molecule has 0 saturated carbocycles. The number of rotatable bonds is 9. The normalized spacial score (nSPS) is 14.5. The van der Waals surface area contributed by atoms with E-state index in [-0.39, 0.29) is 37.4 Å². The van der Waals surface area contributed by atoms with Crippen molar-refractivity contribution in [3.63, 3.8) is 0 Å². The zero-order chi connectivity index (χ0) is 28.7. The summed E-state index contributed by atoms with van der Waals surface area (Å²) in [6, 6.07) is 10.4. The van der Waals surface area contributed by atoms with Gasteiger partial charge in [-0.2, -0.15) is 9.78 Å². The molecule has 0 spiro atoms. The molecule has 0 unspecified atom stereocenters. The van der Waals surface area contributed by atoms with Gasteiger partial charge in [-0.25, -0.2) is 14.9 Å². The first-order valence-corrected chi connectivity index (χ1v) is 14.2. The quantitative estimate of drug-likeness (QED) is 0.0854. The standard InChI is InChI=1S/C33H34N4O4.CH4.Fe/c1-6-23-18(3)26-14-22-13-21(9-8-12-39-38)29(34-22)17-32-25(10-11-33-40-41-33)20(5)28(37-32)16-31-24(7-2)19(4)27(36-31)15-30(23)35-26;;/h6,13-17,33,38H,1,7-12H2,2-5H3;1H4;/q-2;;+2. The fourth-order valence-electron chi connectivity index (χ4n) is 5.80. The molecule has 0 amide bonds. The number of aryl methyl sites for hydroxylation is 3. The number of allylic oxidation sites excluding steroid dienone is 5. The van der Waals surface area contributed by atoms with Gasteiger partial charge in [-0.3, -0.25) is 5.26 Å². The minimum absolute atomic E-state index is 0. The van der Waals surface area contributed by atoms with Gasteiger partial charge < -0.3 is 9.97 Å². The fraction of sp³-hybridized carbons (Fsp3) is 0.353. The Morgan fingerprint density at radius 1 is 0.907 bits per heavy atom. The SMILES string of the molecule is C.C=CC1=C(C)c2cc3cc(CCCOO)c(cc4nc(cc5[n-]c(cc1n2)c(C)c5CC)C(C)=C4CCC1OO1)[n-]3.[Fe+2]. The van der Waals surface area contributed by atoms with Crippen LogP contribution in [0.4, 0.5) is 0 Å². The Morgan fingerprint density at radius 3 is 2.30 bits per heavy atom. The van der Waals surface area contributed by atoms with Gasteiger partial charge >= 0.3 is 17.1 Å². The van der Waals surface area contributed by atoms with Crippen LogP contribution in [-0.2, 0) is 44.6 Å². The van der Waals surface area contributed by atoms with Crippen LogP contribution >= 0.6 is 0 Å². The molecule has 3 aromatic rings. The van der Waals surface area contributed by atoms with Gasteiger partial charge in [-0.15, -0.1) is 22.1 Å². The third-order valence-electron chi connectivity index (χ3n) is 8.19. The van der Waals surface area contributed by atoms with E-state index in [1.54, 1.807) is 0 Å². The Balaban J connectivity index is 0.00000212. The van der Waals surface area contributed by atoms with Crippen LogP contribution in [0.25, 0.3) is 44.4 Å². The number of fused-ring (bicyclic) bond motifs is 8. The molecule has 0 radical (unpaired) electrons. The van der Waals surface area contributed by atoms with E-state index in [1.165, 1.54) is 5.56 Å². The molecule has 1 N–H and O–H groups in total. The molecule has 3 aliphatic heterocycles. The third-order valence-corrected chi connectivity index (χ3v) is 8.19. The van der Waals surface area contributed by atoms with Crippen LogP contribution in [0.1, 0.15) is 86.9 Å². The van der Waals surface area contributed by atoms with Gasteiger partial charge in [-0.1, -0.05) is 74.0 Å². The number of nitrogens with zero attached hydrogens (tertiary/aromatic N) is 4. The van der Waals surface area contributed by atoms with Crippen molar-refractivity contribution in [2.24, 2.45) is 0 Å². The first-order chi connectivity index (χ1) is 19.9. The molecule has 3 aromatic heterocycles. The van der Waals surface area contributed by atoms with Gasteiger partial charge in [0, 0.05) is 12.0 Å². The van der Waals surface area contributed by atoms with E-state index in [1.807, 2.05) is 12.1 Å². The molecule has 43 heavy (non-hydrogen) atoms. The summed E-state index contributed by atoms with van der Waals surface area (Å²) in [5.74, 6) is 0. The van der Waals surface area contributed by atoms with Crippen LogP contribution in [0.15, 0.2) is 43.0 Å². The summed E-state index contributed by atoms with van der Waals surface area (Å²) >= 11 is 0. The summed E-state index contributed by atoms with van der Waals surface area (Å²) in [6.45, 7) is 12.8. The van der Waals surface area contributed by atoms with Crippen molar-refractivity contribution < 1.29 is 37.0 Å². The summed E-state index contributed by atoms with van der Waals surface area (Å²) in [5, 5.41) is 8.89. The molecular formula is C34H38FeN4O4. The van der Waals surface area contributed by atoms with Crippen molar-refractivity contribution in [3.05, 3.63) is 82.5 Å². The molecule has 0 aromatic carbocycles. The van der Waals surface area contributed by atoms with Crippen LogP contribution in [0.2, 0.25) is 0 Å². The summed E-state index contributed by atoms with van der Waals surface area (Å²) in [6.07, 6.45) is 5.46. The largest absolute Gasteiger partial charge is 2.00 e. The van der Waals surface area contributed by atoms with E-state index in [4.69, 9.17) is 35.0 Å². The molecule has 6 rings (SSSR count). The molecule has 1 saturated heterocycles. The number of hydrogen-bond acceptors (Lipinski definition) is 6. The van der Waals surface area contributed by atoms with E-state index in [0.717, 1.165) is 97.5 Å². The van der Waals surface area contributed by atoms with E-state index in [0.29, 0.717) is 12.8 Å². The number of hydrogen-bond donors (Lipinski definition) is 1. The van der Waals surface area contributed by atoms with Crippen molar-refractivity contribution in [1.82, 2.24) is 19.9 Å². The second-order valence-electron chi connectivity index (χ2n) is 10.7. The average molecular weight is 623 g/mol. The molecule has 226 valence electrons. The van der Waals surface area contributed by atoms with Crippen LogP contribution < -0.4 is 9.97 Å². The Labute approximate surface area is 263 Å². The van der Waals surface area contributed by atoms with Crippen molar-refractivity contribution in [3.8, 4) is 0 Å². The maximum absolute atomic E-state index is 8.89. The van der Waals surface area contributed by atoms with Crippen molar-refractivity contribution in [1.29, 1.82) is 0 Å². The third kappa shape index (κ3) is 6.48. The smallest absolute Gasteiger partial charge is 0.657 e. The average Bonchev–Trinajstić information content (AvgIpc) is 3.43. The van der Waals surface area contributed by atoms with Crippen LogP contribution in [-0.4, -0.2) is 28.1 Å². The molecule has 6 heterocycles. The predicted molar refractivity (Wildman–Crippen MR) is 167 cm³/mol. The first-order valence-electron chi connectivity index (χ1n) is 14.2. The van der Waals surface area contributed by atoms with Gasteiger partial charge in [0.2, 0.25) is 6.29 Å². The molecule has 8 bridgehead atoms. The van der Waals surface area contributed by atoms with E-state index >= 15 is 0 Å².